The van der Waals surface area contributed by atoms with Gasteiger partial charge in [-0.25, -0.2) is 0 Å². The fourth-order valence-corrected chi connectivity index (χ4v) is 1.26. The number of rotatable bonds is 4. The second-order valence-electron chi connectivity index (χ2n) is 3.25. The Morgan fingerprint density at radius 1 is 1.45 bits per heavy atom. The molecule has 0 aliphatic carbocycles. The van der Waals surface area contributed by atoms with Crippen LogP contribution in [0.1, 0.15) is 33.6 Å². The molecule has 1 amide bonds. The average Bonchev–Trinajstić information content (AvgIpc) is 1.98. The third-order valence-corrected chi connectivity index (χ3v) is 1.99. The SMILES string of the molecule is CCCC(C(=O)NC)C(C)C. The van der Waals surface area contributed by atoms with Gasteiger partial charge in [0.2, 0.25) is 5.91 Å². The van der Waals surface area contributed by atoms with Crippen molar-refractivity contribution in [2.45, 2.75) is 33.6 Å². The first-order valence-electron chi connectivity index (χ1n) is 4.35. The molecule has 0 aromatic heterocycles. The molecule has 0 saturated heterocycles. The van der Waals surface area contributed by atoms with Crippen LogP contribution in [0.5, 0.6) is 0 Å². The summed E-state index contributed by atoms with van der Waals surface area (Å²) in [7, 11) is 1.70. The lowest BCUT2D eigenvalue weighted by Crippen LogP contribution is -2.30. The standard InChI is InChI=1S/C9H19NO/c1-5-6-8(7(2)3)9(11)10-4/h7-8H,5-6H2,1-4H3,(H,10,11). The molecule has 0 radical (unpaired) electrons. The average molecular weight is 157 g/mol. The Morgan fingerprint density at radius 2 is 2.00 bits per heavy atom. The van der Waals surface area contributed by atoms with Crippen LogP contribution >= 0.6 is 0 Å². The van der Waals surface area contributed by atoms with Crippen LogP contribution in [-0.4, -0.2) is 13.0 Å². The maximum Gasteiger partial charge on any atom is 0.223 e. The van der Waals surface area contributed by atoms with E-state index in [1.54, 1.807) is 7.05 Å². The maximum atomic E-state index is 11.2. The van der Waals surface area contributed by atoms with Gasteiger partial charge in [0.05, 0.1) is 0 Å². The Morgan fingerprint density at radius 3 is 2.27 bits per heavy atom. The topological polar surface area (TPSA) is 29.1 Å². The Balaban J connectivity index is 3.98. The fourth-order valence-electron chi connectivity index (χ4n) is 1.26. The number of hydrogen-bond donors (Lipinski definition) is 1. The fraction of sp³-hybridized carbons (Fsp3) is 0.889. The van der Waals surface area contributed by atoms with Crippen molar-refractivity contribution < 1.29 is 4.79 Å². The van der Waals surface area contributed by atoms with E-state index < -0.39 is 0 Å². The molecule has 1 N–H and O–H groups in total. The van der Waals surface area contributed by atoms with E-state index in [1.165, 1.54) is 0 Å². The van der Waals surface area contributed by atoms with Gasteiger partial charge < -0.3 is 5.32 Å². The Kier molecular flexibility index (Phi) is 4.92. The lowest BCUT2D eigenvalue weighted by atomic mass is 9.91. The summed E-state index contributed by atoms with van der Waals surface area (Å²) in [5.41, 5.74) is 0. The number of hydrogen-bond acceptors (Lipinski definition) is 1. The Bertz CT molecular complexity index is 121. The molecule has 0 bridgehead atoms. The summed E-state index contributed by atoms with van der Waals surface area (Å²) in [5.74, 6) is 0.835. The van der Waals surface area contributed by atoms with Crippen LogP contribution in [0.2, 0.25) is 0 Å². The summed E-state index contributed by atoms with van der Waals surface area (Å²) < 4.78 is 0. The van der Waals surface area contributed by atoms with Crippen LogP contribution in [0, 0.1) is 11.8 Å². The zero-order valence-electron chi connectivity index (χ0n) is 7.98. The van der Waals surface area contributed by atoms with Gasteiger partial charge in [-0.15, -0.1) is 0 Å². The van der Waals surface area contributed by atoms with Crippen molar-refractivity contribution in [2.24, 2.45) is 11.8 Å². The molecule has 0 saturated carbocycles. The summed E-state index contributed by atoms with van der Waals surface area (Å²) in [6.45, 7) is 6.30. The van der Waals surface area contributed by atoms with Gasteiger partial charge in [0.25, 0.3) is 0 Å². The second kappa shape index (κ2) is 5.16. The molecule has 11 heavy (non-hydrogen) atoms. The third kappa shape index (κ3) is 3.40. The lowest BCUT2D eigenvalue weighted by molar-refractivity contribution is -0.126. The van der Waals surface area contributed by atoms with E-state index in [1.807, 2.05) is 0 Å². The van der Waals surface area contributed by atoms with Gasteiger partial charge in [0, 0.05) is 13.0 Å². The van der Waals surface area contributed by atoms with E-state index in [0.717, 1.165) is 12.8 Å². The van der Waals surface area contributed by atoms with Gasteiger partial charge in [-0.1, -0.05) is 27.2 Å². The minimum absolute atomic E-state index is 0.182. The highest BCUT2D eigenvalue weighted by molar-refractivity contribution is 5.78. The normalized spacial score (nSPS) is 13.2. The molecule has 66 valence electrons. The molecule has 2 nitrogen and oxygen atoms in total. The monoisotopic (exact) mass is 157 g/mol. The molecule has 0 rings (SSSR count). The van der Waals surface area contributed by atoms with Crippen molar-refractivity contribution >= 4 is 5.91 Å². The van der Waals surface area contributed by atoms with Crippen molar-refractivity contribution in [3.05, 3.63) is 0 Å². The van der Waals surface area contributed by atoms with Crippen LogP contribution in [0.4, 0.5) is 0 Å². The maximum absolute atomic E-state index is 11.2. The number of nitrogens with one attached hydrogen (secondary N) is 1. The summed E-state index contributed by atoms with van der Waals surface area (Å²) in [4.78, 5) is 11.2. The molecular weight excluding hydrogens is 138 g/mol. The zero-order valence-corrected chi connectivity index (χ0v) is 7.98. The summed E-state index contributed by atoms with van der Waals surface area (Å²) in [5, 5.41) is 2.69. The minimum atomic E-state index is 0.182. The van der Waals surface area contributed by atoms with Crippen molar-refractivity contribution in [2.75, 3.05) is 7.05 Å². The summed E-state index contributed by atoms with van der Waals surface area (Å²) >= 11 is 0. The quantitative estimate of drug-likeness (QED) is 0.662. The first-order valence-corrected chi connectivity index (χ1v) is 4.35. The molecule has 0 heterocycles. The van der Waals surface area contributed by atoms with E-state index in [0.29, 0.717) is 5.92 Å². The smallest absolute Gasteiger partial charge is 0.223 e. The number of carbonyl (C=O) groups excluding carboxylic acids is 1. The van der Waals surface area contributed by atoms with Crippen LogP contribution in [0.25, 0.3) is 0 Å². The zero-order chi connectivity index (χ0) is 8.85. The summed E-state index contributed by atoms with van der Waals surface area (Å²) in [6, 6.07) is 0. The van der Waals surface area contributed by atoms with E-state index in [4.69, 9.17) is 0 Å². The van der Waals surface area contributed by atoms with Gasteiger partial charge in [-0.05, 0) is 12.3 Å². The van der Waals surface area contributed by atoms with Crippen LogP contribution in [0.15, 0.2) is 0 Å². The van der Waals surface area contributed by atoms with Crippen LogP contribution < -0.4 is 5.32 Å². The van der Waals surface area contributed by atoms with Crippen LogP contribution in [0.3, 0.4) is 0 Å². The van der Waals surface area contributed by atoms with Crippen molar-refractivity contribution in [1.82, 2.24) is 5.32 Å². The van der Waals surface area contributed by atoms with E-state index in [2.05, 4.69) is 26.1 Å². The van der Waals surface area contributed by atoms with Gasteiger partial charge in [0.1, 0.15) is 0 Å². The molecule has 0 aliphatic heterocycles. The molecule has 0 spiro atoms. The van der Waals surface area contributed by atoms with E-state index in [-0.39, 0.29) is 11.8 Å². The van der Waals surface area contributed by atoms with Gasteiger partial charge >= 0.3 is 0 Å². The van der Waals surface area contributed by atoms with Crippen LogP contribution in [-0.2, 0) is 4.79 Å². The Labute approximate surface area is 69.4 Å². The Hall–Kier alpha value is -0.530. The second-order valence-corrected chi connectivity index (χ2v) is 3.25. The molecule has 0 aromatic carbocycles. The van der Waals surface area contributed by atoms with E-state index >= 15 is 0 Å². The molecule has 1 atom stereocenters. The van der Waals surface area contributed by atoms with Gasteiger partial charge in [-0.2, -0.15) is 0 Å². The molecule has 0 aromatic rings. The van der Waals surface area contributed by atoms with Crippen molar-refractivity contribution in [3.63, 3.8) is 0 Å². The van der Waals surface area contributed by atoms with E-state index in [9.17, 15) is 4.79 Å². The molecule has 0 aliphatic rings. The minimum Gasteiger partial charge on any atom is -0.359 e. The molecule has 1 unspecified atom stereocenters. The molecular formula is C9H19NO. The van der Waals surface area contributed by atoms with Crippen molar-refractivity contribution in [3.8, 4) is 0 Å². The predicted molar refractivity (Wildman–Crippen MR) is 47.3 cm³/mol. The lowest BCUT2D eigenvalue weighted by Gasteiger charge is -2.17. The molecule has 0 fully saturated rings. The highest BCUT2D eigenvalue weighted by Crippen LogP contribution is 2.16. The first-order chi connectivity index (χ1) is 5.13. The highest BCUT2D eigenvalue weighted by atomic mass is 16.1. The first kappa shape index (κ1) is 10.5. The largest absolute Gasteiger partial charge is 0.359 e. The van der Waals surface area contributed by atoms with Gasteiger partial charge in [-0.3, -0.25) is 4.79 Å². The molecule has 2 heteroatoms. The summed E-state index contributed by atoms with van der Waals surface area (Å²) in [6.07, 6.45) is 2.08. The highest BCUT2D eigenvalue weighted by Gasteiger charge is 2.19. The third-order valence-electron chi connectivity index (χ3n) is 1.99. The van der Waals surface area contributed by atoms with Gasteiger partial charge in [0.15, 0.2) is 0 Å². The predicted octanol–water partition coefficient (Wildman–Crippen LogP) is 1.80. The van der Waals surface area contributed by atoms with Crippen molar-refractivity contribution in [1.29, 1.82) is 0 Å². The number of carbonyl (C=O) groups is 1. The number of amides is 1.